The number of hydrogen-bond acceptors (Lipinski definition) is 4. The van der Waals surface area contributed by atoms with Crippen molar-refractivity contribution in [2.24, 2.45) is 5.92 Å². The van der Waals surface area contributed by atoms with Crippen LogP contribution in [-0.4, -0.2) is 63.5 Å². The maximum atomic E-state index is 12.9. The lowest BCUT2D eigenvalue weighted by Gasteiger charge is -2.58. The van der Waals surface area contributed by atoms with Crippen LogP contribution in [0.4, 0.5) is 0 Å². The van der Waals surface area contributed by atoms with Gasteiger partial charge in [0.1, 0.15) is 0 Å². The molecule has 0 unspecified atom stereocenters. The number of aliphatic hydroxyl groups excluding tert-OH is 1. The summed E-state index contributed by atoms with van der Waals surface area (Å²) in [7, 11) is 0. The first kappa shape index (κ1) is 21.7. The first-order valence-electron chi connectivity index (χ1n) is 11.8. The van der Waals surface area contributed by atoms with E-state index in [1.54, 1.807) is 28.3 Å². The van der Waals surface area contributed by atoms with Crippen molar-refractivity contribution in [1.29, 1.82) is 0 Å². The minimum atomic E-state index is -0.242. The number of carbonyl (C=O) groups excluding carboxylic acids is 2. The zero-order valence-corrected chi connectivity index (χ0v) is 18.7. The van der Waals surface area contributed by atoms with E-state index in [0.29, 0.717) is 12.5 Å². The molecule has 5 rings (SSSR count). The van der Waals surface area contributed by atoms with Gasteiger partial charge in [-0.25, -0.2) is 0 Å². The minimum Gasteiger partial charge on any atom is -0.394 e. The van der Waals surface area contributed by atoms with Crippen molar-refractivity contribution in [3.63, 3.8) is 0 Å². The van der Waals surface area contributed by atoms with Crippen molar-refractivity contribution in [2.75, 3.05) is 19.7 Å². The summed E-state index contributed by atoms with van der Waals surface area (Å²) in [6.45, 7) is 0.462. The zero-order chi connectivity index (χ0) is 22.8. The SMILES string of the molecule is O=C(Cc1cccnc1)N1CC(=O)N2[C@H](C1)[C@@H](c1ccc(C#CC3CCCC3)cc1)[C@@H]2CO. The van der Waals surface area contributed by atoms with E-state index >= 15 is 0 Å². The van der Waals surface area contributed by atoms with Crippen LogP contribution in [0, 0.1) is 17.8 Å². The highest BCUT2D eigenvalue weighted by Crippen LogP contribution is 2.43. The Kier molecular flexibility index (Phi) is 6.15. The molecule has 6 nitrogen and oxygen atoms in total. The van der Waals surface area contributed by atoms with E-state index in [2.05, 4.69) is 29.0 Å². The molecule has 1 aliphatic carbocycles. The van der Waals surface area contributed by atoms with Gasteiger partial charge in [-0.3, -0.25) is 14.6 Å². The summed E-state index contributed by atoms with van der Waals surface area (Å²) in [6, 6.07) is 11.5. The molecule has 2 aliphatic heterocycles. The predicted octanol–water partition coefficient (Wildman–Crippen LogP) is 2.36. The van der Waals surface area contributed by atoms with Gasteiger partial charge >= 0.3 is 0 Å². The molecule has 0 radical (unpaired) electrons. The summed E-state index contributed by atoms with van der Waals surface area (Å²) in [4.78, 5) is 33.2. The normalized spacial score (nSPS) is 24.6. The number of rotatable bonds is 4. The molecular formula is C27H29N3O3. The number of aliphatic hydroxyl groups is 1. The Morgan fingerprint density at radius 3 is 2.64 bits per heavy atom. The van der Waals surface area contributed by atoms with Crippen molar-refractivity contribution < 1.29 is 14.7 Å². The van der Waals surface area contributed by atoms with E-state index in [1.165, 1.54) is 25.7 Å². The zero-order valence-electron chi connectivity index (χ0n) is 18.7. The van der Waals surface area contributed by atoms with Crippen LogP contribution in [0.15, 0.2) is 48.8 Å². The molecule has 0 spiro atoms. The fraction of sp³-hybridized carbons (Fsp3) is 0.444. The van der Waals surface area contributed by atoms with Gasteiger partial charge in [0.05, 0.1) is 31.7 Å². The second kappa shape index (κ2) is 9.36. The van der Waals surface area contributed by atoms with E-state index < -0.39 is 0 Å². The van der Waals surface area contributed by atoms with Crippen molar-refractivity contribution in [2.45, 2.75) is 50.1 Å². The van der Waals surface area contributed by atoms with E-state index in [0.717, 1.165) is 16.7 Å². The van der Waals surface area contributed by atoms with Crippen LogP contribution in [0.1, 0.15) is 48.3 Å². The molecule has 33 heavy (non-hydrogen) atoms. The summed E-state index contributed by atoms with van der Waals surface area (Å²) >= 11 is 0. The molecular weight excluding hydrogens is 414 g/mol. The van der Waals surface area contributed by atoms with Gasteiger partial charge in [-0.2, -0.15) is 0 Å². The number of carbonyl (C=O) groups is 2. The highest BCUT2D eigenvalue weighted by molar-refractivity contribution is 5.88. The van der Waals surface area contributed by atoms with Crippen molar-refractivity contribution in [3.8, 4) is 11.8 Å². The van der Waals surface area contributed by atoms with Crippen LogP contribution >= 0.6 is 0 Å². The summed E-state index contributed by atoms with van der Waals surface area (Å²) < 4.78 is 0. The molecule has 3 heterocycles. The summed E-state index contributed by atoms with van der Waals surface area (Å²) in [5, 5.41) is 10.0. The van der Waals surface area contributed by atoms with E-state index in [1.807, 2.05) is 18.2 Å². The average molecular weight is 444 g/mol. The van der Waals surface area contributed by atoms with Crippen LogP contribution < -0.4 is 0 Å². The number of pyridine rings is 1. The smallest absolute Gasteiger partial charge is 0.242 e. The van der Waals surface area contributed by atoms with E-state index in [-0.39, 0.29) is 49.4 Å². The maximum Gasteiger partial charge on any atom is 0.242 e. The lowest BCUT2D eigenvalue weighted by molar-refractivity contribution is -0.166. The Morgan fingerprint density at radius 1 is 1.15 bits per heavy atom. The Bertz CT molecular complexity index is 1070. The molecule has 1 aromatic carbocycles. The molecule has 3 fully saturated rings. The molecule has 2 amide bonds. The third-order valence-electron chi connectivity index (χ3n) is 7.25. The Hall–Kier alpha value is -3.17. The van der Waals surface area contributed by atoms with Gasteiger partial charge in [0.25, 0.3) is 0 Å². The number of piperazine rings is 1. The molecule has 1 N–H and O–H groups in total. The summed E-state index contributed by atoms with van der Waals surface area (Å²) in [6.07, 6.45) is 8.55. The highest BCUT2D eigenvalue weighted by atomic mass is 16.3. The third kappa shape index (κ3) is 4.38. The predicted molar refractivity (Wildman–Crippen MR) is 124 cm³/mol. The molecule has 170 valence electrons. The van der Waals surface area contributed by atoms with Crippen LogP contribution in [0.3, 0.4) is 0 Å². The molecule has 1 saturated carbocycles. The molecule has 6 heteroatoms. The standard InChI is InChI=1S/C27H29N3O3/c31-18-24-27(22-11-9-20(10-12-22)8-7-19-4-1-2-5-19)23-16-29(17-26(33)30(23)24)25(32)14-21-6-3-13-28-15-21/h3,6,9-13,15,19,23-24,27,31H,1-2,4-5,14,16-18H2/t23-,24+,27-/m1/s1. The number of nitrogens with zero attached hydrogens (tertiary/aromatic N) is 3. The van der Waals surface area contributed by atoms with Gasteiger partial charge in [-0.1, -0.05) is 42.9 Å². The van der Waals surface area contributed by atoms with Gasteiger partial charge < -0.3 is 14.9 Å². The number of fused-ring (bicyclic) bond motifs is 1. The van der Waals surface area contributed by atoms with Gasteiger partial charge in [0, 0.05) is 36.3 Å². The highest BCUT2D eigenvalue weighted by Gasteiger charge is 2.54. The second-order valence-corrected chi connectivity index (χ2v) is 9.33. The van der Waals surface area contributed by atoms with Gasteiger partial charge in [-0.05, 0) is 42.2 Å². The fourth-order valence-corrected chi connectivity index (χ4v) is 5.52. The molecule has 0 bridgehead atoms. The van der Waals surface area contributed by atoms with Gasteiger partial charge in [-0.15, -0.1) is 0 Å². The van der Waals surface area contributed by atoms with Crippen LogP contribution in [-0.2, 0) is 16.0 Å². The molecule has 2 saturated heterocycles. The summed E-state index contributed by atoms with van der Waals surface area (Å²) in [5.74, 6) is 7.05. The molecule has 3 aliphatic rings. The first-order valence-corrected chi connectivity index (χ1v) is 11.8. The molecule has 3 atom stereocenters. The van der Waals surface area contributed by atoms with Crippen molar-refractivity contribution in [3.05, 3.63) is 65.5 Å². The number of amides is 2. The second-order valence-electron chi connectivity index (χ2n) is 9.33. The van der Waals surface area contributed by atoms with Crippen molar-refractivity contribution in [1.82, 2.24) is 14.8 Å². The quantitative estimate of drug-likeness (QED) is 0.737. The lowest BCUT2D eigenvalue weighted by atomic mass is 9.73. The summed E-state index contributed by atoms with van der Waals surface area (Å²) in [5.41, 5.74) is 2.91. The van der Waals surface area contributed by atoms with Gasteiger partial charge in [0.2, 0.25) is 11.8 Å². The Morgan fingerprint density at radius 2 is 1.94 bits per heavy atom. The fourth-order valence-electron chi connectivity index (χ4n) is 5.52. The van der Waals surface area contributed by atoms with E-state index in [9.17, 15) is 14.7 Å². The first-order chi connectivity index (χ1) is 16.1. The minimum absolute atomic E-state index is 0.00443. The largest absolute Gasteiger partial charge is 0.394 e. The number of benzene rings is 1. The average Bonchev–Trinajstić information content (AvgIpc) is 3.34. The van der Waals surface area contributed by atoms with E-state index in [4.69, 9.17) is 0 Å². The van der Waals surface area contributed by atoms with Crippen LogP contribution in [0.25, 0.3) is 0 Å². The van der Waals surface area contributed by atoms with Crippen molar-refractivity contribution >= 4 is 11.8 Å². The molecule has 1 aromatic heterocycles. The number of hydrogen-bond donors (Lipinski definition) is 1. The Balaban J connectivity index is 1.29. The van der Waals surface area contributed by atoms with Crippen LogP contribution in [0.5, 0.6) is 0 Å². The lowest BCUT2D eigenvalue weighted by Crippen LogP contribution is -2.73. The Labute approximate surface area is 194 Å². The maximum absolute atomic E-state index is 12.9. The molecule has 2 aromatic rings. The third-order valence-corrected chi connectivity index (χ3v) is 7.25. The van der Waals surface area contributed by atoms with Gasteiger partial charge in [0.15, 0.2) is 0 Å². The topological polar surface area (TPSA) is 73.7 Å². The monoisotopic (exact) mass is 443 g/mol. The van der Waals surface area contributed by atoms with Crippen LogP contribution in [0.2, 0.25) is 0 Å². The number of aromatic nitrogens is 1.